The van der Waals surface area contributed by atoms with Crippen LogP contribution in [0, 0.1) is 5.82 Å². The molecule has 0 saturated heterocycles. The number of carbonyl (C=O) groups is 1. The van der Waals surface area contributed by atoms with Gasteiger partial charge < -0.3 is 5.11 Å². The summed E-state index contributed by atoms with van der Waals surface area (Å²) in [7, 11) is 0. The molecule has 1 atom stereocenters. The molecule has 98 valence electrons. The Morgan fingerprint density at radius 3 is 2.74 bits per heavy atom. The third kappa shape index (κ3) is 3.61. The summed E-state index contributed by atoms with van der Waals surface area (Å²) < 4.78 is 13.7. The number of pyridine rings is 1. The van der Waals surface area contributed by atoms with E-state index in [1.165, 1.54) is 12.1 Å². The highest BCUT2D eigenvalue weighted by Crippen LogP contribution is 2.21. The zero-order valence-corrected chi connectivity index (χ0v) is 11.5. The van der Waals surface area contributed by atoms with Crippen LogP contribution in [0.15, 0.2) is 47.1 Å². The molecule has 0 aliphatic rings. The predicted molar refractivity (Wildman–Crippen MR) is 72.4 cm³/mol. The van der Waals surface area contributed by atoms with Crippen molar-refractivity contribution in [1.82, 2.24) is 4.98 Å². The second kappa shape index (κ2) is 5.93. The van der Waals surface area contributed by atoms with Gasteiger partial charge in [0.25, 0.3) is 0 Å². The van der Waals surface area contributed by atoms with Gasteiger partial charge in [0, 0.05) is 4.47 Å². The van der Waals surface area contributed by atoms with Crippen molar-refractivity contribution in [2.45, 2.75) is 12.3 Å². The maximum absolute atomic E-state index is 12.8. The van der Waals surface area contributed by atoms with E-state index in [0.717, 1.165) is 16.2 Å². The molecule has 3 nitrogen and oxygen atoms in total. The van der Waals surface area contributed by atoms with Crippen molar-refractivity contribution in [1.29, 1.82) is 0 Å². The lowest BCUT2D eigenvalue weighted by Gasteiger charge is -2.12. The number of hydrogen-bond donors (Lipinski definition) is 1. The summed E-state index contributed by atoms with van der Waals surface area (Å²) in [5.41, 5.74) is 1.24. The number of aromatic nitrogens is 1. The molecule has 0 saturated carbocycles. The van der Waals surface area contributed by atoms with Gasteiger partial charge in [0.15, 0.2) is 0 Å². The highest BCUT2D eigenvalue weighted by atomic mass is 79.9. The van der Waals surface area contributed by atoms with Crippen molar-refractivity contribution in [2.24, 2.45) is 0 Å². The Hall–Kier alpha value is -1.75. The van der Waals surface area contributed by atoms with E-state index in [0.29, 0.717) is 12.1 Å². The third-order valence-electron chi connectivity index (χ3n) is 2.73. The molecular weight excluding hydrogens is 313 g/mol. The molecule has 0 fully saturated rings. The quantitative estimate of drug-likeness (QED) is 0.938. The smallest absolute Gasteiger partial charge is 0.312 e. The van der Waals surface area contributed by atoms with Gasteiger partial charge in [-0.2, -0.15) is 0 Å². The zero-order valence-electron chi connectivity index (χ0n) is 9.88. The topological polar surface area (TPSA) is 50.2 Å². The molecule has 1 aromatic carbocycles. The molecule has 0 spiro atoms. The molecule has 0 aliphatic carbocycles. The summed E-state index contributed by atoms with van der Waals surface area (Å²) in [6, 6.07) is 10.1. The molecule has 1 aromatic heterocycles. The molecule has 0 amide bonds. The minimum Gasteiger partial charge on any atom is -0.481 e. The largest absolute Gasteiger partial charge is 0.481 e. The van der Waals surface area contributed by atoms with Crippen LogP contribution in [0.2, 0.25) is 0 Å². The van der Waals surface area contributed by atoms with E-state index < -0.39 is 17.7 Å². The molecule has 0 bridgehead atoms. The van der Waals surface area contributed by atoms with E-state index in [-0.39, 0.29) is 0 Å². The van der Waals surface area contributed by atoms with E-state index in [9.17, 15) is 14.3 Å². The Bertz CT molecular complexity index is 586. The first-order valence-electron chi connectivity index (χ1n) is 5.65. The Kier molecular flexibility index (Phi) is 4.27. The molecule has 2 aromatic rings. The molecule has 0 aliphatic heterocycles. The van der Waals surface area contributed by atoms with E-state index in [1.54, 1.807) is 0 Å². The molecule has 1 heterocycles. The highest BCUT2D eigenvalue weighted by Gasteiger charge is 2.21. The second-order valence-corrected chi connectivity index (χ2v) is 5.04. The van der Waals surface area contributed by atoms with E-state index in [4.69, 9.17) is 0 Å². The van der Waals surface area contributed by atoms with Crippen molar-refractivity contribution < 1.29 is 14.3 Å². The lowest BCUT2D eigenvalue weighted by Crippen LogP contribution is -2.15. The standard InChI is InChI=1S/C14H11BrFNO2/c15-10-3-1-2-9(6-10)7-12(14(18)19)13-5-4-11(16)8-17-13/h1-6,8,12H,7H2,(H,18,19). The lowest BCUT2D eigenvalue weighted by molar-refractivity contribution is -0.138. The van der Waals surface area contributed by atoms with Gasteiger partial charge in [-0.05, 0) is 36.2 Å². The summed E-state index contributed by atoms with van der Waals surface area (Å²) >= 11 is 3.34. The Morgan fingerprint density at radius 2 is 2.16 bits per heavy atom. The van der Waals surface area contributed by atoms with Crippen LogP contribution in [-0.4, -0.2) is 16.1 Å². The summed E-state index contributed by atoms with van der Waals surface area (Å²) in [6.45, 7) is 0. The Labute approximate surface area is 118 Å². The third-order valence-corrected chi connectivity index (χ3v) is 3.23. The predicted octanol–water partition coefficient (Wildman–Crippen LogP) is 3.39. The van der Waals surface area contributed by atoms with Crippen LogP contribution in [0.25, 0.3) is 0 Å². The van der Waals surface area contributed by atoms with Crippen molar-refractivity contribution >= 4 is 21.9 Å². The number of carboxylic acid groups (broad SMARTS) is 1. The van der Waals surface area contributed by atoms with Crippen molar-refractivity contribution in [2.75, 3.05) is 0 Å². The minimum atomic E-state index is -0.973. The average Bonchev–Trinajstić information content (AvgIpc) is 2.37. The molecule has 1 N–H and O–H groups in total. The highest BCUT2D eigenvalue weighted by molar-refractivity contribution is 9.10. The van der Waals surface area contributed by atoms with Crippen LogP contribution in [-0.2, 0) is 11.2 Å². The molecule has 0 radical (unpaired) electrons. The van der Waals surface area contributed by atoms with Gasteiger partial charge in [0.2, 0.25) is 0 Å². The monoisotopic (exact) mass is 323 g/mol. The Morgan fingerprint density at radius 1 is 1.37 bits per heavy atom. The first kappa shape index (κ1) is 13.7. The van der Waals surface area contributed by atoms with E-state index >= 15 is 0 Å². The van der Waals surface area contributed by atoms with Gasteiger partial charge in [0.05, 0.1) is 11.9 Å². The van der Waals surface area contributed by atoms with Crippen molar-refractivity contribution in [3.8, 4) is 0 Å². The number of rotatable bonds is 4. The fraction of sp³-hybridized carbons (Fsp3) is 0.143. The summed E-state index contributed by atoms with van der Waals surface area (Å²) in [4.78, 5) is 15.2. The van der Waals surface area contributed by atoms with Gasteiger partial charge in [0.1, 0.15) is 11.7 Å². The van der Waals surface area contributed by atoms with Gasteiger partial charge >= 0.3 is 5.97 Å². The molecule has 5 heteroatoms. The SMILES string of the molecule is O=C(O)C(Cc1cccc(Br)c1)c1ccc(F)cn1. The van der Waals surface area contributed by atoms with Crippen LogP contribution in [0.3, 0.4) is 0 Å². The minimum absolute atomic E-state index is 0.313. The number of aliphatic carboxylic acids is 1. The number of hydrogen-bond acceptors (Lipinski definition) is 2. The lowest BCUT2D eigenvalue weighted by atomic mass is 9.96. The molecule has 1 unspecified atom stereocenters. The van der Waals surface area contributed by atoms with Crippen LogP contribution in [0.4, 0.5) is 4.39 Å². The van der Waals surface area contributed by atoms with Gasteiger partial charge in [-0.15, -0.1) is 0 Å². The number of carboxylic acids is 1. The summed E-state index contributed by atoms with van der Waals surface area (Å²) in [5.74, 6) is -2.23. The van der Waals surface area contributed by atoms with Crippen LogP contribution < -0.4 is 0 Å². The van der Waals surface area contributed by atoms with Crippen LogP contribution in [0.1, 0.15) is 17.2 Å². The fourth-order valence-corrected chi connectivity index (χ4v) is 2.26. The number of halogens is 2. The zero-order chi connectivity index (χ0) is 13.8. The molecule has 19 heavy (non-hydrogen) atoms. The molecule has 2 rings (SSSR count). The first-order chi connectivity index (χ1) is 9.06. The average molecular weight is 324 g/mol. The van der Waals surface area contributed by atoms with E-state index in [1.807, 2.05) is 24.3 Å². The fourth-order valence-electron chi connectivity index (χ4n) is 1.81. The van der Waals surface area contributed by atoms with Gasteiger partial charge in [-0.1, -0.05) is 28.1 Å². The van der Waals surface area contributed by atoms with E-state index in [2.05, 4.69) is 20.9 Å². The maximum Gasteiger partial charge on any atom is 0.312 e. The normalized spacial score (nSPS) is 12.1. The van der Waals surface area contributed by atoms with Crippen LogP contribution >= 0.6 is 15.9 Å². The Balaban J connectivity index is 2.26. The molecular formula is C14H11BrFNO2. The van der Waals surface area contributed by atoms with Crippen LogP contribution in [0.5, 0.6) is 0 Å². The second-order valence-electron chi connectivity index (χ2n) is 4.13. The maximum atomic E-state index is 12.8. The van der Waals surface area contributed by atoms with Crippen molar-refractivity contribution in [3.05, 3.63) is 64.1 Å². The number of nitrogens with zero attached hydrogens (tertiary/aromatic N) is 1. The van der Waals surface area contributed by atoms with Gasteiger partial charge in [-0.25, -0.2) is 4.39 Å². The number of benzene rings is 1. The first-order valence-corrected chi connectivity index (χ1v) is 6.44. The summed E-state index contributed by atoms with van der Waals surface area (Å²) in [6.07, 6.45) is 1.35. The summed E-state index contributed by atoms with van der Waals surface area (Å²) in [5, 5.41) is 9.28. The van der Waals surface area contributed by atoms with Crippen molar-refractivity contribution in [3.63, 3.8) is 0 Å². The van der Waals surface area contributed by atoms with Gasteiger partial charge in [-0.3, -0.25) is 9.78 Å².